The van der Waals surface area contributed by atoms with E-state index in [1.165, 1.54) is 0 Å². The molecule has 17 heavy (non-hydrogen) atoms. The van der Waals surface area contributed by atoms with Gasteiger partial charge in [0.2, 0.25) is 0 Å². The number of anilines is 1. The molecule has 5 heteroatoms. The normalized spacial score (nSPS) is 10.9. The largest absolute Gasteiger partial charge is 0.494 e. The van der Waals surface area contributed by atoms with E-state index in [-0.39, 0.29) is 0 Å². The summed E-state index contributed by atoms with van der Waals surface area (Å²) >= 11 is 1.61. The highest BCUT2D eigenvalue weighted by Gasteiger charge is 2.11. The summed E-state index contributed by atoms with van der Waals surface area (Å²) < 4.78 is 6.48. The number of aromatic nitrogens is 2. The van der Waals surface area contributed by atoms with Crippen molar-refractivity contribution in [1.29, 1.82) is 0 Å². The number of nitrogens with zero attached hydrogens (tertiary/aromatic N) is 2. The molecule has 0 saturated heterocycles. The third-order valence-electron chi connectivity index (χ3n) is 2.65. The topological polar surface area (TPSA) is 47.0 Å². The van der Waals surface area contributed by atoms with Gasteiger partial charge in [-0.1, -0.05) is 11.3 Å². The minimum absolute atomic E-state index is 0.791. The van der Waals surface area contributed by atoms with E-state index >= 15 is 0 Å². The van der Waals surface area contributed by atoms with Crippen LogP contribution < -0.4 is 10.1 Å². The third kappa shape index (κ3) is 1.51. The average Bonchev–Trinajstić information content (AvgIpc) is 2.81. The maximum absolute atomic E-state index is 5.37. The van der Waals surface area contributed by atoms with Gasteiger partial charge in [-0.15, -0.1) is 0 Å². The number of pyridine rings is 1. The summed E-state index contributed by atoms with van der Waals surface area (Å²) in [6.45, 7) is 0. The molecule has 2 heterocycles. The molecule has 86 valence electrons. The van der Waals surface area contributed by atoms with E-state index in [4.69, 9.17) is 4.74 Å². The molecule has 1 N–H and O–H groups in total. The Kier molecular flexibility index (Phi) is 2.33. The lowest BCUT2D eigenvalue weighted by Crippen LogP contribution is -1.88. The maximum atomic E-state index is 5.37. The number of thiazole rings is 1. The Morgan fingerprint density at radius 2 is 2.24 bits per heavy atom. The van der Waals surface area contributed by atoms with E-state index < -0.39 is 0 Å². The lowest BCUT2D eigenvalue weighted by atomic mass is 10.2. The van der Waals surface area contributed by atoms with Crippen LogP contribution in [0.2, 0.25) is 0 Å². The van der Waals surface area contributed by atoms with E-state index in [0.29, 0.717) is 0 Å². The number of ether oxygens (including phenoxy) is 1. The summed E-state index contributed by atoms with van der Waals surface area (Å²) in [5.74, 6) is 0.791. The zero-order valence-electron chi connectivity index (χ0n) is 9.52. The minimum Gasteiger partial charge on any atom is -0.494 e. The van der Waals surface area contributed by atoms with Crippen LogP contribution in [0.3, 0.4) is 0 Å². The van der Waals surface area contributed by atoms with Gasteiger partial charge in [0.1, 0.15) is 11.3 Å². The van der Waals surface area contributed by atoms with E-state index in [2.05, 4.69) is 15.3 Å². The molecule has 0 saturated carbocycles. The molecule has 0 bridgehead atoms. The predicted molar refractivity (Wildman–Crippen MR) is 71.0 cm³/mol. The molecule has 0 amide bonds. The Labute approximate surface area is 102 Å². The number of benzene rings is 1. The zero-order valence-corrected chi connectivity index (χ0v) is 10.3. The van der Waals surface area contributed by atoms with Crippen molar-refractivity contribution in [3.63, 3.8) is 0 Å². The molecule has 2 aromatic heterocycles. The number of rotatable bonds is 2. The summed E-state index contributed by atoms with van der Waals surface area (Å²) in [6.07, 6.45) is 1.77. The Bertz CT molecular complexity index is 693. The van der Waals surface area contributed by atoms with Gasteiger partial charge in [-0.05, 0) is 12.1 Å². The maximum Gasteiger partial charge on any atom is 0.183 e. The molecule has 1 aromatic carbocycles. The van der Waals surface area contributed by atoms with Gasteiger partial charge < -0.3 is 10.1 Å². The van der Waals surface area contributed by atoms with Crippen molar-refractivity contribution in [2.24, 2.45) is 0 Å². The van der Waals surface area contributed by atoms with Crippen molar-refractivity contribution in [2.45, 2.75) is 0 Å². The van der Waals surface area contributed by atoms with E-state index in [9.17, 15) is 0 Å². The molecule has 3 aromatic rings. The summed E-state index contributed by atoms with van der Waals surface area (Å²) in [7, 11) is 3.53. The van der Waals surface area contributed by atoms with E-state index in [1.807, 2.05) is 25.2 Å². The minimum atomic E-state index is 0.791. The lowest BCUT2D eigenvalue weighted by molar-refractivity contribution is 0.419. The molecule has 0 atom stereocenters. The first-order valence-corrected chi connectivity index (χ1v) is 6.05. The highest BCUT2D eigenvalue weighted by molar-refractivity contribution is 7.22. The number of hydrogen-bond acceptors (Lipinski definition) is 5. The summed E-state index contributed by atoms with van der Waals surface area (Å²) in [5.41, 5.74) is 1.83. The fourth-order valence-electron chi connectivity index (χ4n) is 1.87. The Hall–Kier alpha value is -1.88. The fourth-order valence-corrected chi connectivity index (χ4v) is 2.73. The molecule has 4 nitrogen and oxygen atoms in total. The van der Waals surface area contributed by atoms with Crippen molar-refractivity contribution < 1.29 is 4.74 Å². The molecule has 0 aliphatic carbocycles. The van der Waals surface area contributed by atoms with Crippen molar-refractivity contribution in [3.8, 4) is 5.75 Å². The molecule has 0 unspecified atom stereocenters. The van der Waals surface area contributed by atoms with Crippen molar-refractivity contribution in [1.82, 2.24) is 9.97 Å². The monoisotopic (exact) mass is 245 g/mol. The highest BCUT2D eigenvalue weighted by Crippen LogP contribution is 2.36. The van der Waals surface area contributed by atoms with Crippen LogP contribution in [-0.4, -0.2) is 24.1 Å². The first-order valence-electron chi connectivity index (χ1n) is 5.23. The standard InChI is InChI=1S/C12H11N3OS/c1-13-12-15-11-7-4-3-5-14-10(7)8(16-2)6-9(11)17-12/h3-6H,1-2H3,(H,13,15). The van der Waals surface area contributed by atoms with Gasteiger partial charge in [0.25, 0.3) is 0 Å². The second-order valence-electron chi connectivity index (χ2n) is 3.59. The number of methoxy groups -OCH3 is 1. The van der Waals surface area contributed by atoms with E-state index in [0.717, 1.165) is 32.0 Å². The van der Waals surface area contributed by atoms with Crippen LogP contribution in [0.5, 0.6) is 5.75 Å². The quantitative estimate of drug-likeness (QED) is 0.754. The fraction of sp³-hybridized carbons (Fsp3) is 0.167. The Morgan fingerprint density at radius 1 is 1.35 bits per heavy atom. The second-order valence-corrected chi connectivity index (χ2v) is 4.62. The van der Waals surface area contributed by atoms with Crippen LogP contribution in [-0.2, 0) is 0 Å². The van der Waals surface area contributed by atoms with Crippen LogP contribution in [0.15, 0.2) is 24.4 Å². The second kappa shape index (κ2) is 3.85. The molecule has 0 aliphatic heterocycles. The van der Waals surface area contributed by atoms with Gasteiger partial charge in [-0.2, -0.15) is 0 Å². The Morgan fingerprint density at radius 3 is 3.00 bits per heavy atom. The van der Waals surface area contributed by atoms with Crippen molar-refractivity contribution in [3.05, 3.63) is 24.4 Å². The number of hydrogen-bond donors (Lipinski definition) is 1. The van der Waals surface area contributed by atoms with Crippen LogP contribution in [0.25, 0.3) is 21.1 Å². The van der Waals surface area contributed by atoms with Gasteiger partial charge >= 0.3 is 0 Å². The Balaban J connectivity index is 2.47. The molecule has 0 spiro atoms. The molecule has 0 fully saturated rings. The van der Waals surface area contributed by atoms with Crippen LogP contribution in [0.4, 0.5) is 5.13 Å². The number of fused-ring (bicyclic) bond motifs is 3. The van der Waals surface area contributed by atoms with Crippen LogP contribution in [0, 0.1) is 0 Å². The molecule has 0 radical (unpaired) electrons. The summed E-state index contributed by atoms with van der Waals surface area (Å²) in [6, 6.07) is 5.93. The third-order valence-corrected chi connectivity index (χ3v) is 3.67. The van der Waals surface area contributed by atoms with Gasteiger partial charge in [0, 0.05) is 24.7 Å². The van der Waals surface area contributed by atoms with Gasteiger partial charge in [0.15, 0.2) is 5.13 Å². The van der Waals surface area contributed by atoms with Gasteiger partial charge in [-0.3, -0.25) is 4.98 Å². The lowest BCUT2D eigenvalue weighted by Gasteiger charge is -2.04. The average molecular weight is 245 g/mol. The van der Waals surface area contributed by atoms with Crippen molar-refractivity contribution in [2.75, 3.05) is 19.5 Å². The van der Waals surface area contributed by atoms with Crippen LogP contribution in [0.1, 0.15) is 0 Å². The van der Waals surface area contributed by atoms with E-state index in [1.54, 1.807) is 24.6 Å². The zero-order chi connectivity index (χ0) is 11.8. The summed E-state index contributed by atoms with van der Waals surface area (Å²) in [4.78, 5) is 8.90. The van der Waals surface area contributed by atoms with Crippen LogP contribution >= 0.6 is 11.3 Å². The summed E-state index contributed by atoms with van der Waals surface area (Å²) in [5, 5.41) is 4.99. The smallest absolute Gasteiger partial charge is 0.183 e. The highest BCUT2D eigenvalue weighted by atomic mass is 32.1. The molecule has 0 aliphatic rings. The van der Waals surface area contributed by atoms with Gasteiger partial charge in [0.05, 0.1) is 17.3 Å². The predicted octanol–water partition coefficient (Wildman–Crippen LogP) is 2.89. The first kappa shape index (κ1) is 10.3. The molecular formula is C12H11N3OS. The first-order chi connectivity index (χ1) is 8.33. The number of nitrogens with one attached hydrogen (secondary N) is 1. The SMILES string of the molecule is CNc1nc2c(cc(OC)c3ncccc32)s1. The van der Waals surface area contributed by atoms with Crippen molar-refractivity contribution >= 4 is 37.6 Å². The molecule has 3 rings (SSSR count). The van der Waals surface area contributed by atoms with Gasteiger partial charge in [-0.25, -0.2) is 4.98 Å². The molecular weight excluding hydrogens is 234 g/mol.